The number of hydrogen-bond acceptors (Lipinski definition) is 3. The monoisotopic (exact) mass is 256 g/mol. The zero-order valence-electron chi connectivity index (χ0n) is 7.86. The van der Waals surface area contributed by atoms with Crippen LogP contribution >= 0.6 is 15.9 Å². The SMILES string of the molecule is OCCN(c1cncc(Br)c1)C1CC1. The van der Waals surface area contributed by atoms with Crippen LogP contribution in [0.15, 0.2) is 22.9 Å². The van der Waals surface area contributed by atoms with E-state index in [0.29, 0.717) is 12.6 Å². The van der Waals surface area contributed by atoms with E-state index in [4.69, 9.17) is 5.11 Å². The second kappa shape index (κ2) is 4.28. The summed E-state index contributed by atoms with van der Waals surface area (Å²) >= 11 is 3.40. The van der Waals surface area contributed by atoms with Crippen LogP contribution in [0, 0.1) is 0 Å². The Hall–Kier alpha value is -0.610. The fraction of sp³-hybridized carbons (Fsp3) is 0.500. The summed E-state index contributed by atoms with van der Waals surface area (Å²) in [5.41, 5.74) is 1.09. The van der Waals surface area contributed by atoms with Crippen LogP contribution in [0.3, 0.4) is 0 Å². The maximum Gasteiger partial charge on any atom is 0.0606 e. The summed E-state index contributed by atoms with van der Waals surface area (Å²) in [6.45, 7) is 0.895. The van der Waals surface area contributed by atoms with Crippen LogP contribution in [-0.2, 0) is 0 Å². The van der Waals surface area contributed by atoms with Crippen molar-refractivity contribution in [3.63, 3.8) is 0 Å². The zero-order chi connectivity index (χ0) is 9.97. The average molecular weight is 257 g/mol. The van der Waals surface area contributed by atoms with Crippen molar-refractivity contribution in [3.05, 3.63) is 22.9 Å². The average Bonchev–Trinajstić information content (AvgIpc) is 2.97. The van der Waals surface area contributed by atoms with E-state index >= 15 is 0 Å². The molecule has 4 heteroatoms. The number of aliphatic hydroxyl groups is 1. The lowest BCUT2D eigenvalue weighted by Gasteiger charge is -2.23. The van der Waals surface area contributed by atoms with Crippen molar-refractivity contribution in [2.45, 2.75) is 18.9 Å². The summed E-state index contributed by atoms with van der Waals surface area (Å²) in [6.07, 6.45) is 6.07. The van der Waals surface area contributed by atoms with Gasteiger partial charge in [-0.1, -0.05) is 0 Å². The second-order valence-electron chi connectivity index (χ2n) is 3.51. The molecule has 0 atom stereocenters. The summed E-state index contributed by atoms with van der Waals surface area (Å²) in [4.78, 5) is 6.35. The molecule has 0 bridgehead atoms. The van der Waals surface area contributed by atoms with Crippen molar-refractivity contribution in [1.29, 1.82) is 0 Å². The van der Waals surface area contributed by atoms with Gasteiger partial charge in [-0.25, -0.2) is 0 Å². The van der Waals surface area contributed by atoms with E-state index < -0.39 is 0 Å². The molecule has 1 heterocycles. The number of halogens is 1. The lowest BCUT2D eigenvalue weighted by atomic mass is 10.3. The van der Waals surface area contributed by atoms with Gasteiger partial charge in [-0.2, -0.15) is 0 Å². The third kappa shape index (κ3) is 2.25. The molecule has 1 aliphatic carbocycles. The molecule has 0 unspecified atom stereocenters. The first-order chi connectivity index (χ1) is 6.81. The first kappa shape index (κ1) is 9.93. The van der Waals surface area contributed by atoms with Crippen molar-refractivity contribution in [1.82, 2.24) is 4.98 Å². The van der Waals surface area contributed by atoms with Gasteiger partial charge in [0.25, 0.3) is 0 Å². The molecule has 76 valence electrons. The molecule has 1 fully saturated rings. The van der Waals surface area contributed by atoms with Gasteiger partial charge >= 0.3 is 0 Å². The second-order valence-corrected chi connectivity index (χ2v) is 4.43. The predicted molar refractivity (Wildman–Crippen MR) is 59.4 cm³/mol. The van der Waals surface area contributed by atoms with Crippen LogP contribution in [0.5, 0.6) is 0 Å². The smallest absolute Gasteiger partial charge is 0.0606 e. The molecule has 1 N–H and O–H groups in total. The van der Waals surface area contributed by atoms with Gasteiger partial charge < -0.3 is 10.0 Å². The predicted octanol–water partition coefficient (Wildman–Crippen LogP) is 1.81. The summed E-state index contributed by atoms with van der Waals surface area (Å²) in [5, 5.41) is 8.97. The number of pyridine rings is 1. The maximum absolute atomic E-state index is 8.97. The minimum absolute atomic E-state index is 0.197. The minimum atomic E-state index is 0.197. The van der Waals surface area contributed by atoms with E-state index in [2.05, 4.69) is 25.8 Å². The van der Waals surface area contributed by atoms with Gasteiger partial charge in [0.1, 0.15) is 0 Å². The molecule has 1 aromatic heterocycles. The summed E-state index contributed by atoms with van der Waals surface area (Å²) in [6, 6.07) is 2.65. The van der Waals surface area contributed by atoms with Crippen molar-refractivity contribution in [3.8, 4) is 0 Å². The Bertz CT molecular complexity index is 315. The molecular weight excluding hydrogens is 244 g/mol. The number of anilines is 1. The molecule has 0 saturated heterocycles. The topological polar surface area (TPSA) is 36.4 Å². The van der Waals surface area contributed by atoms with Crippen molar-refractivity contribution in [2.24, 2.45) is 0 Å². The van der Waals surface area contributed by atoms with Crippen LogP contribution < -0.4 is 4.90 Å². The van der Waals surface area contributed by atoms with Gasteiger partial charge in [0.05, 0.1) is 18.5 Å². The molecule has 0 aromatic carbocycles. The highest BCUT2D eigenvalue weighted by atomic mass is 79.9. The summed E-state index contributed by atoms with van der Waals surface area (Å²) in [7, 11) is 0. The fourth-order valence-corrected chi connectivity index (χ4v) is 1.93. The Kier molecular flexibility index (Phi) is 3.03. The van der Waals surface area contributed by atoms with E-state index in [1.807, 2.05) is 12.3 Å². The molecule has 14 heavy (non-hydrogen) atoms. The van der Waals surface area contributed by atoms with Crippen LogP contribution in [0.2, 0.25) is 0 Å². The molecule has 0 aliphatic heterocycles. The quantitative estimate of drug-likeness (QED) is 0.893. The Balaban J connectivity index is 2.16. The number of rotatable bonds is 4. The third-order valence-corrected chi connectivity index (χ3v) is 2.78. The Labute approximate surface area is 91.9 Å². The van der Waals surface area contributed by atoms with E-state index in [0.717, 1.165) is 10.2 Å². The molecule has 0 radical (unpaired) electrons. The highest BCUT2D eigenvalue weighted by Crippen LogP contribution is 2.31. The summed E-state index contributed by atoms with van der Waals surface area (Å²) in [5.74, 6) is 0. The van der Waals surface area contributed by atoms with E-state index in [9.17, 15) is 0 Å². The molecule has 0 amide bonds. The maximum atomic E-state index is 8.97. The Morgan fingerprint density at radius 2 is 2.29 bits per heavy atom. The molecule has 1 aromatic rings. The molecule has 0 spiro atoms. The van der Waals surface area contributed by atoms with E-state index in [-0.39, 0.29) is 6.61 Å². The zero-order valence-corrected chi connectivity index (χ0v) is 9.44. The van der Waals surface area contributed by atoms with E-state index in [1.165, 1.54) is 12.8 Å². The van der Waals surface area contributed by atoms with Gasteiger partial charge in [-0.05, 0) is 34.8 Å². The fourth-order valence-electron chi connectivity index (χ4n) is 1.57. The summed E-state index contributed by atoms with van der Waals surface area (Å²) < 4.78 is 0.985. The Morgan fingerprint density at radius 3 is 2.86 bits per heavy atom. The van der Waals surface area contributed by atoms with Gasteiger partial charge in [-0.15, -0.1) is 0 Å². The normalized spacial score (nSPS) is 15.6. The molecule has 1 aliphatic rings. The molecular formula is C10H13BrN2O. The van der Waals surface area contributed by atoms with Crippen LogP contribution in [-0.4, -0.2) is 29.3 Å². The lowest BCUT2D eigenvalue weighted by Crippen LogP contribution is -2.28. The largest absolute Gasteiger partial charge is 0.395 e. The van der Waals surface area contributed by atoms with Crippen LogP contribution in [0.25, 0.3) is 0 Å². The number of aromatic nitrogens is 1. The first-order valence-corrected chi connectivity index (χ1v) is 5.58. The van der Waals surface area contributed by atoms with Crippen LogP contribution in [0.4, 0.5) is 5.69 Å². The molecule has 3 nitrogen and oxygen atoms in total. The Morgan fingerprint density at radius 1 is 1.50 bits per heavy atom. The highest BCUT2D eigenvalue weighted by molar-refractivity contribution is 9.10. The molecule has 1 saturated carbocycles. The number of hydrogen-bond donors (Lipinski definition) is 1. The van der Waals surface area contributed by atoms with Crippen molar-refractivity contribution in [2.75, 3.05) is 18.1 Å². The first-order valence-electron chi connectivity index (χ1n) is 4.79. The van der Waals surface area contributed by atoms with Gasteiger partial charge in [0, 0.05) is 23.3 Å². The van der Waals surface area contributed by atoms with Gasteiger partial charge in [0.15, 0.2) is 0 Å². The van der Waals surface area contributed by atoms with Crippen molar-refractivity contribution < 1.29 is 5.11 Å². The van der Waals surface area contributed by atoms with Gasteiger partial charge in [0.2, 0.25) is 0 Å². The minimum Gasteiger partial charge on any atom is -0.395 e. The van der Waals surface area contributed by atoms with Crippen molar-refractivity contribution >= 4 is 21.6 Å². The van der Waals surface area contributed by atoms with Crippen LogP contribution in [0.1, 0.15) is 12.8 Å². The third-order valence-electron chi connectivity index (χ3n) is 2.35. The number of aliphatic hydroxyl groups excluding tert-OH is 1. The standard InChI is InChI=1S/C10H13BrN2O/c11-8-5-10(7-12-6-8)13(3-4-14)9-1-2-9/h5-7,9,14H,1-4H2. The molecule has 2 rings (SSSR count). The van der Waals surface area contributed by atoms with E-state index in [1.54, 1.807) is 6.20 Å². The van der Waals surface area contributed by atoms with Gasteiger partial charge in [-0.3, -0.25) is 4.98 Å². The number of nitrogens with zero attached hydrogens (tertiary/aromatic N) is 2. The lowest BCUT2D eigenvalue weighted by molar-refractivity contribution is 0.301. The highest BCUT2D eigenvalue weighted by Gasteiger charge is 2.28.